The van der Waals surface area contributed by atoms with Crippen molar-refractivity contribution in [3.8, 4) is 0 Å². The Labute approximate surface area is 495 Å². The minimum Gasteiger partial charge on any atom is -0.462 e. The largest absolute Gasteiger partial charge is 0.462 e. The summed E-state index contributed by atoms with van der Waals surface area (Å²) in [6, 6.07) is 0. The number of carbonyl (C=O) groups excluding carboxylic acids is 3. The maximum absolute atomic E-state index is 13.0. The Kier molecular flexibility index (Phi) is 64.2. The lowest BCUT2D eigenvalue weighted by atomic mass is 9.99. The van der Waals surface area contributed by atoms with Gasteiger partial charge in [-0.2, -0.15) is 0 Å². The summed E-state index contributed by atoms with van der Waals surface area (Å²) < 4.78 is 17.0. The predicted octanol–water partition coefficient (Wildman–Crippen LogP) is 24.7. The van der Waals surface area contributed by atoms with Gasteiger partial charge >= 0.3 is 17.9 Å². The molecule has 79 heavy (non-hydrogen) atoms. The standard InChI is InChI=1S/C73H142O6/c1-6-8-9-10-11-12-13-14-15-16-23-30-35-40-45-50-55-60-65-73(76)79-70(66-77-71(74)63-58-53-48-43-38-33-28-24-19-17-21-26-31-36-41-46-51-56-61-68(3)4)67-78-72(75)64-59-54-49-44-39-34-29-25-20-18-22-27-32-37-42-47-52-57-62-69(5)7-2/h68-70H,6-67H2,1-5H3/t69?,70-/m1/s1. The van der Waals surface area contributed by atoms with Crippen molar-refractivity contribution in [1.82, 2.24) is 0 Å². The molecule has 0 aliphatic rings. The fourth-order valence-electron chi connectivity index (χ4n) is 11.5. The molecule has 0 heterocycles. The normalized spacial score (nSPS) is 12.4. The van der Waals surface area contributed by atoms with Crippen molar-refractivity contribution in [3.05, 3.63) is 0 Å². The average molecular weight is 1120 g/mol. The number of esters is 3. The zero-order valence-corrected chi connectivity index (χ0v) is 54.5. The summed E-state index contributed by atoms with van der Waals surface area (Å²) in [7, 11) is 0. The lowest BCUT2D eigenvalue weighted by Gasteiger charge is -2.18. The first-order valence-corrected chi connectivity index (χ1v) is 36.3. The number of rotatable bonds is 67. The maximum atomic E-state index is 13.0. The molecule has 0 saturated heterocycles. The smallest absolute Gasteiger partial charge is 0.306 e. The average Bonchev–Trinajstić information content (AvgIpc) is 3.44. The van der Waals surface area contributed by atoms with Gasteiger partial charge in [-0.05, 0) is 31.1 Å². The summed E-state index contributed by atoms with van der Waals surface area (Å²) in [4.78, 5) is 38.5. The van der Waals surface area contributed by atoms with Gasteiger partial charge in [0.05, 0.1) is 0 Å². The lowest BCUT2D eigenvalue weighted by molar-refractivity contribution is -0.167. The monoisotopic (exact) mass is 1120 g/mol. The van der Waals surface area contributed by atoms with E-state index in [0.717, 1.165) is 69.6 Å². The number of unbranched alkanes of at least 4 members (excludes halogenated alkanes) is 51. The van der Waals surface area contributed by atoms with Crippen molar-refractivity contribution < 1.29 is 28.6 Å². The predicted molar refractivity (Wildman–Crippen MR) is 344 cm³/mol. The molecule has 0 N–H and O–H groups in total. The van der Waals surface area contributed by atoms with Crippen molar-refractivity contribution in [2.24, 2.45) is 11.8 Å². The molecule has 1 unspecified atom stereocenters. The first kappa shape index (κ1) is 77.4. The van der Waals surface area contributed by atoms with E-state index in [2.05, 4.69) is 34.6 Å². The van der Waals surface area contributed by atoms with E-state index in [0.29, 0.717) is 19.3 Å². The van der Waals surface area contributed by atoms with Crippen molar-refractivity contribution in [2.75, 3.05) is 13.2 Å². The van der Waals surface area contributed by atoms with Gasteiger partial charge < -0.3 is 14.2 Å². The molecule has 0 aliphatic carbocycles. The van der Waals surface area contributed by atoms with Gasteiger partial charge in [-0.15, -0.1) is 0 Å². The lowest BCUT2D eigenvalue weighted by Crippen LogP contribution is -2.30. The summed E-state index contributed by atoms with van der Waals surface area (Å²) in [6.45, 7) is 11.5. The minimum absolute atomic E-state index is 0.0609. The van der Waals surface area contributed by atoms with Gasteiger partial charge in [-0.25, -0.2) is 0 Å². The van der Waals surface area contributed by atoms with E-state index in [1.54, 1.807) is 0 Å². The Morgan fingerprint density at radius 3 is 0.722 bits per heavy atom. The van der Waals surface area contributed by atoms with E-state index >= 15 is 0 Å². The Bertz CT molecular complexity index is 1220. The van der Waals surface area contributed by atoms with Crippen LogP contribution in [0.4, 0.5) is 0 Å². The van der Waals surface area contributed by atoms with Crippen LogP contribution in [-0.2, 0) is 28.6 Å². The van der Waals surface area contributed by atoms with Gasteiger partial charge in [0.25, 0.3) is 0 Å². The molecule has 470 valence electrons. The highest BCUT2D eigenvalue weighted by atomic mass is 16.6. The molecule has 0 bridgehead atoms. The molecule has 6 heteroatoms. The van der Waals surface area contributed by atoms with Crippen LogP contribution in [0.25, 0.3) is 0 Å². The van der Waals surface area contributed by atoms with Crippen molar-refractivity contribution >= 4 is 17.9 Å². The van der Waals surface area contributed by atoms with Crippen LogP contribution < -0.4 is 0 Å². The third-order valence-electron chi connectivity index (χ3n) is 17.3. The van der Waals surface area contributed by atoms with Crippen LogP contribution in [-0.4, -0.2) is 37.2 Å². The molecule has 0 aliphatic heterocycles. The van der Waals surface area contributed by atoms with Gasteiger partial charge in [-0.1, -0.05) is 381 Å². The van der Waals surface area contributed by atoms with Crippen LogP contribution in [0.2, 0.25) is 0 Å². The molecule has 0 saturated carbocycles. The summed E-state index contributed by atoms with van der Waals surface area (Å²) in [5, 5.41) is 0. The van der Waals surface area contributed by atoms with E-state index < -0.39 is 6.10 Å². The Hall–Kier alpha value is -1.59. The fourth-order valence-corrected chi connectivity index (χ4v) is 11.5. The van der Waals surface area contributed by atoms with E-state index in [9.17, 15) is 14.4 Å². The van der Waals surface area contributed by atoms with Crippen LogP contribution >= 0.6 is 0 Å². The quantitative estimate of drug-likeness (QED) is 0.0343. The summed E-state index contributed by atoms with van der Waals surface area (Å²) in [5.74, 6) is 0.948. The highest BCUT2D eigenvalue weighted by Crippen LogP contribution is 2.20. The summed E-state index contributed by atoms with van der Waals surface area (Å²) in [5.41, 5.74) is 0. The number of hydrogen-bond acceptors (Lipinski definition) is 6. The van der Waals surface area contributed by atoms with Gasteiger partial charge in [0, 0.05) is 19.3 Å². The first-order chi connectivity index (χ1) is 38.8. The second kappa shape index (κ2) is 65.6. The first-order valence-electron chi connectivity index (χ1n) is 36.3. The fraction of sp³-hybridized carbons (Fsp3) is 0.959. The van der Waals surface area contributed by atoms with Crippen LogP contribution in [0.5, 0.6) is 0 Å². The Morgan fingerprint density at radius 2 is 0.481 bits per heavy atom. The van der Waals surface area contributed by atoms with Crippen molar-refractivity contribution in [2.45, 2.75) is 426 Å². The van der Waals surface area contributed by atoms with Gasteiger partial charge in [0.15, 0.2) is 6.10 Å². The van der Waals surface area contributed by atoms with Gasteiger partial charge in [-0.3, -0.25) is 14.4 Å². The maximum Gasteiger partial charge on any atom is 0.306 e. The Balaban J connectivity index is 4.26. The molecule has 6 nitrogen and oxygen atoms in total. The molecule has 0 aromatic heterocycles. The van der Waals surface area contributed by atoms with Crippen LogP contribution in [0.15, 0.2) is 0 Å². The van der Waals surface area contributed by atoms with Gasteiger partial charge in [0.2, 0.25) is 0 Å². The topological polar surface area (TPSA) is 78.9 Å². The molecule has 0 spiro atoms. The third kappa shape index (κ3) is 65.4. The number of carbonyl (C=O) groups is 3. The molecule has 2 atom stereocenters. The SMILES string of the molecule is CCCCCCCCCCCCCCCCCCCCC(=O)O[C@H](COC(=O)CCCCCCCCCCCCCCCCCCCCC(C)C)COC(=O)CCCCCCCCCCCCCCCCCCCCC(C)CC. The molecule has 0 rings (SSSR count). The molecule has 0 amide bonds. The molecule has 0 aromatic carbocycles. The van der Waals surface area contributed by atoms with Crippen LogP contribution in [0.1, 0.15) is 420 Å². The van der Waals surface area contributed by atoms with E-state index in [1.807, 2.05) is 0 Å². The summed E-state index contributed by atoms with van der Waals surface area (Å²) in [6.07, 6.45) is 75.5. The molecular formula is C73H142O6. The van der Waals surface area contributed by atoms with E-state index in [-0.39, 0.29) is 31.1 Å². The second-order valence-corrected chi connectivity index (χ2v) is 26.0. The molecule has 0 fully saturated rings. The molecular weight excluding hydrogens is 973 g/mol. The summed E-state index contributed by atoms with van der Waals surface area (Å²) >= 11 is 0. The molecule has 0 aromatic rings. The zero-order chi connectivity index (χ0) is 57.4. The second-order valence-electron chi connectivity index (χ2n) is 26.0. The van der Waals surface area contributed by atoms with E-state index in [1.165, 1.54) is 308 Å². The van der Waals surface area contributed by atoms with Crippen LogP contribution in [0.3, 0.4) is 0 Å². The van der Waals surface area contributed by atoms with Gasteiger partial charge in [0.1, 0.15) is 13.2 Å². The minimum atomic E-state index is -0.765. The van der Waals surface area contributed by atoms with Crippen molar-refractivity contribution in [1.29, 1.82) is 0 Å². The Morgan fingerprint density at radius 1 is 0.266 bits per heavy atom. The third-order valence-corrected chi connectivity index (χ3v) is 17.3. The zero-order valence-electron chi connectivity index (χ0n) is 54.5. The number of ether oxygens (including phenoxy) is 3. The molecule has 0 radical (unpaired) electrons. The highest BCUT2D eigenvalue weighted by molar-refractivity contribution is 5.71. The van der Waals surface area contributed by atoms with Crippen LogP contribution in [0, 0.1) is 11.8 Å². The number of hydrogen-bond donors (Lipinski definition) is 0. The van der Waals surface area contributed by atoms with Crippen molar-refractivity contribution in [3.63, 3.8) is 0 Å². The van der Waals surface area contributed by atoms with E-state index in [4.69, 9.17) is 14.2 Å². The highest BCUT2D eigenvalue weighted by Gasteiger charge is 2.20.